The summed E-state index contributed by atoms with van der Waals surface area (Å²) >= 11 is 0. The molecule has 2 N–H and O–H groups in total. The quantitative estimate of drug-likeness (QED) is 0.883. The second-order valence-electron chi connectivity index (χ2n) is 4.73. The van der Waals surface area contributed by atoms with Crippen molar-refractivity contribution in [1.29, 1.82) is 0 Å². The van der Waals surface area contributed by atoms with E-state index in [0.717, 1.165) is 4.68 Å². The molecule has 0 fully saturated rings. The van der Waals surface area contributed by atoms with Crippen LogP contribution in [-0.2, 0) is 11.3 Å². The highest BCUT2D eigenvalue weighted by molar-refractivity contribution is 5.95. The predicted molar refractivity (Wildman–Crippen MR) is 71.2 cm³/mol. The second kappa shape index (κ2) is 6.08. The summed E-state index contributed by atoms with van der Waals surface area (Å²) in [6.07, 6.45) is -1.96. The molecule has 0 aliphatic carbocycles. The molecule has 2 heterocycles. The molecule has 0 saturated carbocycles. The van der Waals surface area contributed by atoms with Gasteiger partial charge in [0.25, 0.3) is 0 Å². The number of carbonyl (C=O) groups excluding carboxylic acids is 1. The van der Waals surface area contributed by atoms with Gasteiger partial charge in [-0.15, -0.1) is 0 Å². The number of aromatic nitrogens is 3. The Kier molecular flexibility index (Phi) is 4.38. The van der Waals surface area contributed by atoms with Crippen molar-refractivity contribution in [3.63, 3.8) is 0 Å². The lowest BCUT2D eigenvalue weighted by Gasteiger charge is -2.12. The SMILES string of the molecule is Cc1cc(NC(=O)[C@H](C)Nc2cnn(CC(F)(F)F)c2)on1. The zero-order valence-corrected chi connectivity index (χ0v) is 11.8. The fourth-order valence-corrected chi connectivity index (χ4v) is 1.68. The smallest absolute Gasteiger partial charge is 0.371 e. The average Bonchev–Trinajstić information content (AvgIpc) is 2.97. The second-order valence-corrected chi connectivity index (χ2v) is 4.73. The summed E-state index contributed by atoms with van der Waals surface area (Å²) in [6.45, 7) is 2.07. The minimum atomic E-state index is -4.35. The van der Waals surface area contributed by atoms with E-state index in [9.17, 15) is 18.0 Å². The first kappa shape index (κ1) is 15.9. The van der Waals surface area contributed by atoms with E-state index in [1.807, 2.05) is 0 Å². The highest BCUT2D eigenvalue weighted by Gasteiger charge is 2.28. The summed E-state index contributed by atoms with van der Waals surface area (Å²) in [5.74, 6) is -0.219. The Morgan fingerprint density at radius 2 is 2.23 bits per heavy atom. The fourth-order valence-electron chi connectivity index (χ4n) is 1.68. The van der Waals surface area contributed by atoms with Crippen molar-refractivity contribution in [2.45, 2.75) is 32.6 Å². The third-order valence-electron chi connectivity index (χ3n) is 2.63. The Labute approximate surface area is 123 Å². The number of amides is 1. The van der Waals surface area contributed by atoms with Gasteiger partial charge in [-0.1, -0.05) is 5.16 Å². The molecule has 0 unspecified atom stereocenters. The van der Waals surface area contributed by atoms with Crippen LogP contribution in [0.1, 0.15) is 12.6 Å². The van der Waals surface area contributed by atoms with E-state index in [-0.39, 0.29) is 5.88 Å². The molecule has 120 valence electrons. The number of nitrogens with zero attached hydrogens (tertiary/aromatic N) is 3. The normalized spacial score (nSPS) is 13.0. The standard InChI is InChI=1S/C12H14F3N5O2/c1-7-3-10(22-19-7)18-11(21)8(2)17-9-4-16-20(5-9)6-12(13,14)15/h3-5,8,17H,6H2,1-2H3,(H,18,21)/t8-/m0/s1. The molecule has 0 saturated heterocycles. The van der Waals surface area contributed by atoms with E-state index >= 15 is 0 Å². The van der Waals surface area contributed by atoms with Crippen molar-refractivity contribution in [2.75, 3.05) is 10.6 Å². The van der Waals surface area contributed by atoms with Crippen LogP contribution in [0.25, 0.3) is 0 Å². The first-order valence-corrected chi connectivity index (χ1v) is 6.33. The van der Waals surface area contributed by atoms with Crippen LogP contribution in [0.3, 0.4) is 0 Å². The minimum Gasteiger partial charge on any atom is -0.371 e. The van der Waals surface area contributed by atoms with E-state index in [1.54, 1.807) is 19.9 Å². The Balaban J connectivity index is 1.91. The molecule has 0 aliphatic heterocycles. The number of rotatable bonds is 5. The van der Waals surface area contributed by atoms with Crippen molar-refractivity contribution < 1.29 is 22.5 Å². The van der Waals surface area contributed by atoms with Crippen LogP contribution in [0.5, 0.6) is 0 Å². The first-order valence-electron chi connectivity index (χ1n) is 6.33. The van der Waals surface area contributed by atoms with Crippen molar-refractivity contribution in [3.8, 4) is 0 Å². The van der Waals surface area contributed by atoms with Gasteiger partial charge >= 0.3 is 6.18 Å². The molecule has 2 aromatic heterocycles. The van der Waals surface area contributed by atoms with E-state index in [0.29, 0.717) is 11.4 Å². The molecule has 2 rings (SSSR count). The maximum Gasteiger partial charge on any atom is 0.408 e. The Morgan fingerprint density at radius 1 is 1.50 bits per heavy atom. The maximum absolute atomic E-state index is 12.2. The molecule has 7 nitrogen and oxygen atoms in total. The van der Waals surface area contributed by atoms with Crippen LogP contribution in [0.2, 0.25) is 0 Å². The summed E-state index contributed by atoms with van der Waals surface area (Å²) < 4.78 is 42.3. The molecule has 22 heavy (non-hydrogen) atoms. The number of aryl methyl sites for hydroxylation is 1. The van der Waals surface area contributed by atoms with Crippen LogP contribution in [0.4, 0.5) is 24.7 Å². The minimum absolute atomic E-state index is 0.198. The van der Waals surface area contributed by atoms with Crippen LogP contribution in [0, 0.1) is 6.92 Å². The molecule has 0 spiro atoms. The van der Waals surface area contributed by atoms with Gasteiger partial charge in [-0.3, -0.25) is 14.8 Å². The number of hydrogen-bond donors (Lipinski definition) is 2. The molecule has 0 aromatic carbocycles. The van der Waals surface area contributed by atoms with Crippen LogP contribution in [-0.4, -0.2) is 33.1 Å². The summed E-state index contributed by atoms with van der Waals surface area (Å²) in [5, 5.41) is 12.4. The molecule has 0 bridgehead atoms. The Hall–Kier alpha value is -2.52. The molecule has 0 radical (unpaired) electrons. The zero-order valence-electron chi connectivity index (χ0n) is 11.8. The van der Waals surface area contributed by atoms with Crippen molar-refractivity contribution in [1.82, 2.24) is 14.9 Å². The largest absolute Gasteiger partial charge is 0.408 e. The molecule has 0 aliphatic rings. The van der Waals surface area contributed by atoms with E-state index in [1.165, 1.54) is 12.4 Å². The first-order chi connectivity index (χ1) is 10.2. The molecule has 2 aromatic rings. The van der Waals surface area contributed by atoms with Gasteiger partial charge in [0.1, 0.15) is 12.6 Å². The van der Waals surface area contributed by atoms with Gasteiger partial charge in [-0.05, 0) is 13.8 Å². The molecular weight excluding hydrogens is 303 g/mol. The highest BCUT2D eigenvalue weighted by atomic mass is 19.4. The number of hydrogen-bond acceptors (Lipinski definition) is 5. The number of nitrogens with one attached hydrogen (secondary N) is 2. The van der Waals surface area contributed by atoms with Crippen molar-refractivity contribution >= 4 is 17.5 Å². The van der Waals surface area contributed by atoms with Crippen LogP contribution >= 0.6 is 0 Å². The molecule has 1 amide bonds. The Bertz CT molecular complexity index is 649. The number of halogens is 3. The molecule has 1 atom stereocenters. The van der Waals surface area contributed by atoms with E-state index in [2.05, 4.69) is 20.9 Å². The Morgan fingerprint density at radius 3 is 2.82 bits per heavy atom. The fraction of sp³-hybridized carbons (Fsp3) is 0.417. The van der Waals surface area contributed by atoms with Gasteiger partial charge in [0.05, 0.1) is 17.6 Å². The van der Waals surface area contributed by atoms with Crippen molar-refractivity contribution in [3.05, 3.63) is 24.2 Å². The monoisotopic (exact) mass is 317 g/mol. The van der Waals surface area contributed by atoms with E-state index < -0.39 is 24.7 Å². The molecule has 10 heteroatoms. The summed E-state index contributed by atoms with van der Waals surface area (Å²) in [4.78, 5) is 11.9. The van der Waals surface area contributed by atoms with Crippen LogP contribution in [0.15, 0.2) is 23.0 Å². The van der Waals surface area contributed by atoms with Gasteiger partial charge in [0.15, 0.2) is 0 Å². The van der Waals surface area contributed by atoms with Gasteiger partial charge in [0.2, 0.25) is 11.8 Å². The third kappa shape index (κ3) is 4.50. The summed E-state index contributed by atoms with van der Waals surface area (Å²) in [5.41, 5.74) is 0.921. The third-order valence-corrected chi connectivity index (χ3v) is 2.63. The zero-order chi connectivity index (χ0) is 16.3. The summed E-state index contributed by atoms with van der Waals surface area (Å²) in [7, 11) is 0. The van der Waals surface area contributed by atoms with Gasteiger partial charge in [-0.25, -0.2) is 0 Å². The lowest BCUT2D eigenvalue weighted by atomic mass is 10.3. The lowest BCUT2D eigenvalue weighted by molar-refractivity contribution is -0.142. The summed E-state index contributed by atoms with van der Waals surface area (Å²) in [6, 6.07) is 0.848. The molecular formula is C12H14F3N5O2. The van der Waals surface area contributed by atoms with Gasteiger partial charge in [-0.2, -0.15) is 18.3 Å². The van der Waals surface area contributed by atoms with Crippen molar-refractivity contribution in [2.24, 2.45) is 0 Å². The number of alkyl halides is 3. The lowest BCUT2D eigenvalue weighted by Crippen LogP contribution is -2.31. The van der Waals surface area contributed by atoms with E-state index in [4.69, 9.17) is 4.52 Å². The number of anilines is 2. The topological polar surface area (TPSA) is 85.0 Å². The maximum atomic E-state index is 12.2. The van der Waals surface area contributed by atoms with Crippen LogP contribution < -0.4 is 10.6 Å². The average molecular weight is 317 g/mol. The van der Waals surface area contributed by atoms with Gasteiger partial charge < -0.3 is 9.84 Å². The number of carbonyl (C=O) groups is 1. The highest BCUT2D eigenvalue weighted by Crippen LogP contribution is 2.18. The predicted octanol–water partition coefficient (Wildman–Crippen LogP) is 2.18. The van der Waals surface area contributed by atoms with Gasteiger partial charge in [0, 0.05) is 12.3 Å².